The van der Waals surface area contributed by atoms with Crippen LogP contribution in [0.5, 0.6) is 0 Å². The van der Waals surface area contributed by atoms with E-state index in [2.05, 4.69) is 19.2 Å². The molecule has 1 N–H and O–H groups in total. The van der Waals surface area contributed by atoms with Crippen molar-refractivity contribution in [1.29, 1.82) is 0 Å². The van der Waals surface area contributed by atoms with Crippen molar-refractivity contribution in [1.82, 2.24) is 5.32 Å². The number of rotatable bonds is 4. The van der Waals surface area contributed by atoms with Crippen LogP contribution in [-0.4, -0.2) is 42.1 Å². The fourth-order valence-corrected chi connectivity index (χ4v) is 4.08. The van der Waals surface area contributed by atoms with E-state index in [1.54, 1.807) is 0 Å². The van der Waals surface area contributed by atoms with Crippen molar-refractivity contribution in [2.75, 3.05) is 24.7 Å². The van der Waals surface area contributed by atoms with Crippen LogP contribution in [0.2, 0.25) is 0 Å². The second-order valence-corrected chi connectivity index (χ2v) is 7.06. The van der Waals surface area contributed by atoms with Gasteiger partial charge in [0.25, 0.3) is 0 Å². The number of carbonyl (C=O) groups excluding carboxylic acids is 1. The Morgan fingerprint density at radius 3 is 2.83 bits per heavy atom. The maximum absolute atomic E-state index is 12.2. The van der Waals surface area contributed by atoms with Gasteiger partial charge in [0.1, 0.15) is 5.78 Å². The zero-order valence-electron chi connectivity index (χ0n) is 11.5. The summed E-state index contributed by atoms with van der Waals surface area (Å²) in [5, 5.41) is 3.24. The number of Topliss-reactive ketones (excluding diaryl/α,β-unsaturated/α-hetero) is 1. The van der Waals surface area contributed by atoms with Crippen molar-refractivity contribution in [3.63, 3.8) is 0 Å². The molecule has 0 bridgehead atoms. The molecular weight excluding hydrogens is 246 g/mol. The monoisotopic (exact) mass is 271 g/mol. The van der Waals surface area contributed by atoms with Crippen LogP contribution in [0.1, 0.15) is 39.5 Å². The van der Waals surface area contributed by atoms with Gasteiger partial charge in [-0.05, 0) is 37.2 Å². The summed E-state index contributed by atoms with van der Waals surface area (Å²) < 4.78 is 6.03. The van der Waals surface area contributed by atoms with E-state index in [0.29, 0.717) is 18.4 Å². The minimum absolute atomic E-state index is 0.0294. The van der Waals surface area contributed by atoms with Crippen LogP contribution in [0.15, 0.2) is 0 Å². The first-order valence-electron chi connectivity index (χ1n) is 7.09. The molecule has 0 radical (unpaired) electrons. The zero-order valence-corrected chi connectivity index (χ0v) is 12.4. The average Bonchev–Trinajstić information content (AvgIpc) is 2.37. The maximum Gasteiger partial charge on any atom is 0.149 e. The van der Waals surface area contributed by atoms with Crippen molar-refractivity contribution < 1.29 is 9.53 Å². The second kappa shape index (κ2) is 6.40. The molecule has 1 atom stereocenters. The van der Waals surface area contributed by atoms with Gasteiger partial charge in [0.2, 0.25) is 0 Å². The molecule has 1 spiro atoms. The van der Waals surface area contributed by atoms with E-state index in [1.165, 1.54) is 11.5 Å². The van der Waals surface area contributed by atoms with Crippen molar-refractivity contribution in [3.8, 4) is 0 Å². The first-order chi connectivity index (χ1) is 8.61. The molecular formula is C14H25NO2S. The minimum Gasteiger partial charge on any atom is -0.375 e. The van der Waals surface area contributed by atoms with Crippen LogP contribution < -0.4 is 5.32 Å². The third-order valence-corrected chi connectivity index (χ3v) is 5.02. The van der Waals surface area contributed by atoms with E-state index in [0.717, 1.165) is 32.3 Å². The molecule has 0 aromatic heterocycles. The zero-order chi connectivity index (χ0) is 13.0. The van der Waals surface area contributed by atoms with Gasteiger partial charge in [0, 0.05) is 18.6 Å². The van der Waals surface area contributed by atoms with Gasteiger partial charge < -0.3 is 10.1 Å². The van der Waals surface area contributed by atoms with E-state index in [1.807, 2.05) is 11.8 Å². The number of nitrogens with one attached hydrogen (secondary N) is 1. The molecule has 104 valence electrons. The highest BCUT2D eigenvalue weighted by atomic mass is 32.2. The van der Waals surface area contributed by atoms with Gasteiger partial charge in [-0.15, -0.1) is 0 Å². The molecule has 2 saturated heterocycles. The third-order valence-electron chi connectivity index (χ3n) is 4.04. The highest BCUT2D eigenvalue weighted by Gasteiger charge is 2.40. The standard InChI is InChI=1S/C14H25NO2S/c1-11(2)15-10-13(16)12-3-6-17-14(9-12)4-7-18-8-5-14/h11-12,15H,3-10H2,1-2H3. The Labute approximate surface area is 114 Å². The van der Waals surface area contributed by atoms with Crippen LogP contribution in [0.25, 0.3) is 0 Å². The molecule has 4 heteroatoms. The molecule has 0 aliphatic carbocycles. The molecule has 2 heterocycles. The molecule has 2 rings (SSSR count). The lowest BCUT2D eigenvalue weighted by atomic mass is 9.80. The summed E-state index contributed by atoms with van der Waals surface area (Å²) in [5.41, 5.74) is 0.0294. The topological polar surface area (TPSA) is 38.3 Å². The Morgan fingerprint density at radius 2 is 2.17 bits per heavy atom. The molecule has 0 aromatic carbocycles. The van der Waals surface area contributed by atoms with E-state index in [4.69, 9.17) is 4.74 Å². The van der Waals surface area contributed by atoms with Gasteiger partial charge in [-0.2, -0.15) is 11.8 Å². The molecule has 18 heavy (non-hydrogen) atoms. The van der Waals surface area contributed by atoms with E-state index < -0.39 is 0 Å². The van der Waals surface area contributed by atoms with E-state index in [-0.39, 0.29) is 11.5 Å². The Balaban J connectivity index is 1.87. The normalized spacial score (nSPS) is 27.6. The van der Waals surface area contributed by atoms with Crippen LogP contribution in [0.4, 0.5) is 0 Å². The van der Waals surface area contributed by atoms with Crippen molar-refractivity contribution in [2.24, 2.45) is 5.92 Å². The molecule has 1 unspecified atom stereocenters. The summed E-state index contributed by atoms with van der Waals surface area (Å²) in [4.78, 5) is 12.2. The molecule has 3 nitrogen and oxygen atoms in total. The summed E-state index contributed by atoms with van der Waals surface area (Å²) in [6.45, 7) is 5.45. The lowest BCUT2D eigenvalue weighted by Gasteiger charge is -2.43. The number of thioether (sulfide) groups is 1. The molecule has 2 aliphatic heterocycles. The van der Waals surface area contributed by atoms with Gasteiger partial charge in [-0.25, -0.2) is 0 Å². The first-order valence-corrected chi connectivity index (χ1v) is 8.25. The Hall–Kier alpha value is -0.0600. The first kappa shape index (κ1) is 14.4. The molecule has 2 aliphatic rings. The lowest BCUT2D eigenvalue weighted by molar-refractivity contribution is -0.137. The number of carbonyl (C=O) groups is 1. The second-order valence-electron chi connectivity index (χ2n) is 5.84. The quantitative estimate of drug-likeness (QED) is 0.851. The third kappa shape index (κ3) is 3.72. The number of hydrogen-bond donors (Lipinski definition) is 1. The molecule has 2 fully saturated rings. The van der Waals surface area contributed by atoms with Gasteiger partial charge in [0.05, 0.1) is 12.1 Å². The van der Waals surface area contributed by atoms with E-state index in [9.17, 15) is 4.79 Å². The van der Waals surface area contributed by atoms with Gasteiger partial charge in [-0.1, -0.05) is 13.8 Å². The van der Waals surface area contributed by atoms with Gasteiger partial charge in [0.15, 0.2) is 0 Å². The lowest BCUT2D eigenvalue weighted by Crippen LogP contribution is -2.46. The van der Waals surface area contributed by atoms with Crippen LogP contribution in [0, 0.1) is 5.92 Å². The van der Waals surface area contributed by atoms with Crippen LogP contribution >= 0.6 is 11.8 Å². The van der Waals surface area contributed by atoms with E-state index >= 15 is 0 Å². The van der Waals surface area contributed by atoms with Crippen LogP contribution in [-0.2, 0) is 9.53 Å². The number of hydrogen-bond acceptors (Lipinski definition) is 4. The van der Waals surface area contributed by atoms with Crippen LogP contribution in [0.3, 0.4) is 0 Å². The van der Waals surface area contributed by atoms with Crippen molar-refractivity contribution in [3.05, 3.63) is 0 Å². The number of ether oxygens (including phenoxy) is 1. The summed E-state index contributed by atoms with van der Waals surface area (Å²) in [6.07, 6.45) is 4.11. The Morgan fingerprint density at radius 1 is 1.44 bits per heavy atom. The van der Waals surface area contributed by atoms with Crippen molar-refractivity contribution >= 4 is 17.5 Å². The summed E-state index contributed by atoms with van der Waals surface area (Å²) in [5.74, 6) is 2.97. The Bertz CT molecular complexity index is 282. The fraction of sp³-hybridized carbons (Fsp3) is 0.929. The molecule has 0 amide bonds. The number of ketones is 1. The van der Waals surface area contributed by atoms with Gasteiger partial charge in [-0.3, -0.25) is 4.79 Å². The smallest absolute Gasteiger partial charge is 0.149 e. The summed E-state index contributed by atoms with van der Waals surface area (Å²) in [7, 11) is 0. The predicted molar refractivity (Wildman–Crippen MR) is 76.1 cm³/mol. The molecule has 0 saturated carbocycles. The fourth-order valence-electron chi connectivity index (χ4n) is 2.84. The Kier molecular flexibility index (Phi) is 5.10. The minimum atomic E-state index is 0.0294. The average molecular weight is 271 g/mol. The maximum atomic E-state index is 12.2. The predicted octanol–water partition coefficient (Wildman–Crippen LogP) is 2.25. The SMILES string of the molecule is CC(C)NCC(=O)C1CCOC2(CCSCC2)C1. The van der Waals surface area contributed by atoms with Gasteiger partial charge >= 0.3 is 0 Å². The highest BCUT2D eigenvalue weighted by Crippen LogP contribution is 2.39. The highest BCUT2D eigenvalue weighted by molar-refractivity contribution is 7.99. The van der Waals surface area contributed by atoms with Crippen molar-refractivity contribution in [2.45, 2.75) is 51.2 Å². The summed E-state index contributed by atoms with van der Waals surface area (Å²) >= 11 is 2.01. The summed E-state index contributed by atoms with van der Waals surface area (Å²) in [6, 6.07) is 0.383. The largest absolute Gasteiger partial charge is 0.375 e. The molecule has 0 aromatic rings.